The molecule has 1 fully saturated rings. The summed E-state index contributed by atoms with van der Waals surface area (Å²) in [6.07, 6.45) is 4.03. The zero-order valence-electron chi connectivity index (χ0n) is 14.5. The molecule has 3 heterocycles. The average molecular weight is 405 g/mol. The van der Waals surface area contributed by atoms with Crippen LogP contribution in [0.3, 0.4) is 0 Å². The quantitative estimate of drug-likeness (QED) is 0.527. The second-order valence-electron chi connectivity index (χ2n) is 6.35. The minimum atomic E-state index is 0.735. The summed E-state index contributed by atoms with van der Waals surface area (Å²) < 4.78 is 2.14. The Bertz CT molecular complexity index is 824. The Balaban J connectivity index is 1.56. The van der Waals surface area contributed by atoms with E-state index in [1.807, 2.05) is 30.3 Å². The van der Waals surface area contributed by atoms with Crippen LogP contribution in [0.15, 0.2) is 46.9 Å². The molecule has 2 aromatic heterocycles. The van der Waals surface area contributed by atoms with Gasteiger partial charge < -0.3 is 4.90 Å². The summed E-state index contributed by atoms with van der Waals surface area (Å²) in [6.45, 7) is 3.56. The molecule has 0 N–H and O–H groups in total. The number of piperidine rings is 1. The van der Waals surface area contributed by atoms with Gasteiger partial charge in [0, 0.05) is 23.0 Å². The van der Waals surface area contributed by atoms with Crippen LogP contribution >= 0.6 is 34.7 Å². The van der Waals surface area contributed by atoms with Crippen molar-refractivity contribution in [2.45, 2.75) is 24.4 Å². The van der Waals surface area contributed by atoms with Crippen molar-refractivity contribution in [1.82, 2.24) is 19.7 Å². The zero-order valence-corrected chi connectivity index (χ0v) is 16.9. The van der Waals surface area contributed by atoms with E-state index in [1.165, 1.54) is 32.4 Å². The molecule has 0 amide bonds. The van der Waals surface area contributed by atoms with E-state index in [-0.39, 0.29) is 0 Å². The number of hydrogen-bond acceptors (Lipinski definition) is 5. The topological polar surface area (TPSA) is 34.0 Å². The lowest BCUT2D eigenvalue weighted by molar-refractivity contribution is 0.242. The molecular formula is C19H21ClN4S2. The van der Waals surface area contributed by atoms with Gasteiger partial charge in [0.25, 0.3) is 0 Å². The first-order chi connectivity index (χ1) is 12.8. The lowest BCUT2D eigenvalue weighted by atomic mass is 10.1. The molecular weight excluding hydrogens is 384 g/mol. The number of benzene rings is 1. The van der Waals surface area contributed by atoms with E-state index >= 15 is 0 Å². The summed E-state index contributed by atoms with van der Waals surface area (Å²) in [6, 6.07) is 12.0. The second-order valence-corrected chi connectivity index (χ2v) is 8.79. The summed E-state index contributed by atoms with van der Waals surface area (Å²) in [5, 5.41) is 12.7. The minimum Gasteiger partial charge on any atom is -0.303 e. The number of halogens is 1. The monoisotopic (exact) mass is 404 g/mol. The maximum absolute atomic E-state index is 6.07. The van der Waals surface area contributed by atoms with E-state index in [2.05, 4.69) is 31.1 Å². The highest BCUT2D eigenvalue weighted by Gasteiger charge is 2.17. The number of aromatic nitrogens is 3. The van der Waals surface area contributed by atoms with Crippen LogP contribution in [0.1, 0.15) is 19.3 Å². The van der Waals surface area contributed by atoms with Gasteiger partial charge in [-0.2, -0.15) is 0 Å². The molecule has 0 aliphatic carbocycles. The van der Waals surface area contributed by atoms with Crippen LogP contribution in [0.4, 0.5) is 0 Å². The van der Waals surface area contributed by atoms with E-state index in [4.69, 9.17) is 11.6 Å². The normalized spacial score (nSPS) is 15.4. The van der Waals surface area contributed by atoms with E-state index in [0.717, 1.165) is 38.9 Å². The SMILES string of the molecule is Clc1ccc(-n2c(SCCN3CCCCC3)nnc2-c2cccs2)cc1. The fourth-order valence-corrected chi connectivity index (χ4v) is 4.98. The first-order valence-corrected chi connectivity index (χ1v) is 11.2. The van der Waals surface area contributed by atoms with Crippen molar-refractivity contribution in [1.29, 1.82) is 0 Å². The van der Waals surface area contributed by atoms with Gasteiger partial charge in [0.05, 0.1) is 4.88 Å². The van der Waals surface area contributed by atoms with Gasteiger partial charge in [-0.15, -0.1) is 21.5 Å². The maximum Gasteiger partial charge on any atom is 0.196 e. The highest BCUT2D eigenvalue weighted by atomic mass is 35.5. The summed E-state index contributed by atoms with van der Waals surface area (Å²) in [5.74, 6) is 1.92. The molecule has 0 unspecified atom stereocenters. The largest absolute Gasteiger partial charge is 0.303 e. The summed E-state index contributed by atoms with van der Waals surface area (Å²) in [4.78, 5) is 3.68. The Morgan fingerprint density at radius 3 is 2.58 bits per heavy atom. The van der Waals surface area contributed by atoms with Crippen LogP contribution in [-0.2, 0) is 0 Å². The lowest BCUT2D eigenvalue weighted by Gasteiger charge is -2.25. The molecule has 136 valence electrons. The predicted octanol–water partition coefficient (Wildman–Crippen LogP) is 5.23. The molecule has 1 aliphatic heterocycles. The maximum atomic E-state index is 6.07. The summed E-state index contributed by atoms with van der Waals surface area (Å²) in [5.41, 5.74) is 1.04. The van der Waals surface area contributed by atoms with Crippen LogP contribution in [0, 0.1) is 0 Å². The molecule has 0 atom stereocenters. The smallest absolute Gasteiger partial charge is 0.196 e. The van der Waals surface area contributed by atoms with Gasteiger partial charge in [0.1, 0.15) is 0 Å². The van der Waals surface area contributed by atoms with Crippen molar-refractivity contribution in [2.75, 3.05) is 25.4 Å². The first kappa shape index (κ1) is 18.0. The number of rotatable bonds is 6. The molecule has 4 nitrogen and oxygen atoms in total. The highest BCUT2D eigenvalue weighted by Crippen LogP contribution is 2.31. The average Bonchev–Trinajstić information content (AvgIpc) is 3.33. The Morgan fingerprint density at radius 2 is 1.85 bits per heavy atom. The Hall–Kier alpha value is -1.34. The third-order valence-electron chi connectivity index (χ3n) is 4.55. The lowest BCUT2D eigenvalue weighted by Crippen LogP contribution is -2.31. The third-order valence-corrected chi connectivity index (χ3v) is 6.57. The molecule has 4 rings (SSSR count). The zero-order chi connectivity index (χ0) is 17.8. The van der Waals surface area contributed by atoms with E-state index in [0.29, 0.717) is 0 Å². The van der Waals surface area contributed by atoms with Crippen LogP contribution in [0.5, 0.6) is 0 Å². The molecule has 26 heavy (non-hydrogen) atoms. The highest BCUT2D eigenvalue weighted by molar-refractivity contribution is 7.99. The van der Waals surface area contributed by atoms with Crippen molar-refractivity contribution >= 4 is 34.7 Å². The molecule has 0 radical (unpaired) electrons. The fraction of sp³-hybridized carbons (Fsp3) is 0.368. The second kappa shape index (κ2) is 8.57. The van der Waals surface area contributed by atoms with Gasteiger partial charge in [-0.05, 0) is 61.6 Å². The Morgan fingerprint density at radius 1 is 1.04 bits per heavy atom. The van der Waals surface area contributed by atoms with Crippen LogP contribution in [0.25, 0.3) is 16.4 Å². The van der Waals surface area contributed by atoms with Crippen molar-refractivity contribution in [2.24, 2.45) is 0 Å². The number of likely N-dealkylation sites (tertiary alicyclic amines) is 1. The number of nitrogens with zero attached hydrogens (tertiary/aromatic N) is 4. The molecule has 1 aromatic carbocycles. The van der Waals surface area contributed by atoms with Gasteiger partial charge in [-0.25, -0.2) is 0 Å². The van der Waals surface area contributed by atoms with Gasteiger partial charge >= 0.3 is 0 Å². The van der Waals surface area contributed by atoms with Crippen LogP contribution in [-0.4, -0.2) is 45.1 Å². The van der Waals surface area contributed by atoms with Gasteiger partial charge in [0.15, 0.2) is 11.0 Å². The predicted molar refractivity (Wildman–Crippen MR) is 111 cm³/mol. The Kier molecular flexibility index (Phi) is 5.94. The summed E-state index contributed by atoms with van der Waals surface area (Å²) in [7, 11) is 0. The van der Waals surface area contributed by atoms with E-state index in [9.17, 15) is 0 Å². The van der Waals surface area contributed by atoms with Gasteiger partial charge in [0.2, 0.25) is 0 Å². The molecule has 1 aliphatic rings. The molecule has 0 spiro atoms. The molecule has 7 heteroatoms. The summed E-state index contributed by atoms with van der Waals surface area (Å²) >= 11 is 9.53. The van der Waals surface area contributed by atoms with Gasteiger partial charge in [-0.3, -0.25) is 4.57 Å². The molecule has 1 saturated heterocycles. The van der Waals surface area contributed by atoms with Crippen molar-refractivity contribution in [3.05, 3.63) is 46.8 Å². The number of thiophene rings is 1. The number of hydrogen-bond donors (Lipinski definition) is 0. The number of thioether (sulfide) groups is 1. The minimum absolute atomic E-state index is 0.735. The van der Waals surface area contributed by atoms with Crippen LogP contribution in [0.2, 0.25) is 5.02 Å². The first-order valence-electron chi connectivity index (χ1n) is 8.92. The standard InChI is InChI=1S/C19H21ClN4S2/c20-15-6-8-16(9-7-15)24-18(17-5-4-13-25-17)21-22-19(24)26-14-12-23-10-2-1-3-11-23/h4-9,13H,1-3,10-12,14H2. The van der Waals surface area contributed by atoms with E-state index < -0.39 is 0 Å². The molecule has 0 bridgehead atoms. The van der Waals surface area contributed by atoms with Crippen molar-refractivity contribution < 1.29 is 0 Å². The Labute approximate surface area is 167 Å². The van der Waals surface area contributed by atoms with Crippen molar-refractivity contribution in [3.8, 4) is 16.4 Å². The third kappa shape index (κ3) is 4.14. The van der Waals surface area contributed by atoms with Crippen molar-refractivity contribution in [3.63, 3.8) is 0 Å². The van der Waals surface area contributed by atoms with E-state index in [1.54, 1.807) is 23.1 Å². The van der Waals surface area contributed by atoms with Gasteiger partial charge in [-0.1, -0.05) is 35.9 Å². The fourth-order valence-electron chi connectivity index (χ4n) is 3.20. The molecule has 3 aromatic rings. The van der Waals surface area contributed by atoms with Crippen LogP contribution < -0.4 is 0 Å². The molecule has 0 saturated carbocycles.